The maximum atomic E-state index is 12.6. The van der Waals surface area contributed by atoms with Gasteiger partial charge in [0, 0.05) is 41.8 Å². The molecule has 2 aromatic rings. The maximum Gasteiger partial charge on any atom is 0.271 e. The number of aromatic amines is 1. The molecule has 0 saturated carbocycles. The van der Waals surface area contributed by atoms with Crippen molar-refractivity contribution in [3.63, 3.8) is 0 Å². The van der Waals surface area contributed by atoms with Crippen molar-refractivity contribution in [1.29, 1.82) is 5.41 Å². The number of nitrogens with one attached hydrogen (secondary N) is 3. The van der Waals surface area contributed by atoms with Crippen LogP contribution in [0.5, 0.6) is 0 Å². The van der Waals surface area contributed by atoms with Crippen LogP contribution in [-0.2, 0) is 0 Å². The third-order valence-electron chi connectivity index (χ3n) is 5.05. The third-order valence-corrected chi connectivity index (χ3v) is 5.05. The molecule has 1 aromatic heterocycles. The number of carbonyl (C=O) groups excluding carboxylic acids is 1. The second kappa shape index (κ2) is 9.23. The average Bonchev–Trinajstić information content (AvgIpc) is 2.75. The molecule has 0 atom stereocenters. The Kier molecular flexibility index (Phi) is 6.49. The van der Waals surface area contributed by atoms with E-state index in [0.717, 1.165) is 18.8 Å². The van der Waals surface area contributed by atoms with Crippen LogP contribution < -0.4 is 21.5 Å². The van der Waals surface area contributed by atoms with E-state index in [9.17, 15) is 9.59 Å². The first-order valence-corrected chi connectivity index (χ1v) is 9.92. The molecule has 1 saturated heterocycles. The second-order valence-electron chi connectivity index (χ2n) is 7.17. The first-order valence-electron chi connectivity index (χ1n) is 9.92. The van der Waals surface area contributed by atoms with Crippen molar-refractivity contribution in [2.45, 2.75) is 32.6 Å². The van der Waals surface area contributed by atoms with E-state index >= 15 is 0 Å². The van der Waals surface area contributed by atoms with E-state index in [1.165, 1.54) is 31.5 Å². The number of benzene rings is 1. The van der Waals surface area contributed by atoms with Gasteiger partial charge in [0.2, 0.25) is 0 Å². The quantitative estimate of drug-likeness (QED) is 0.564. The average molecular weight is 393 g/mol. The summed E-state index contributed by atoms with van der Waals surface area (Å²) in [5.74, 6) is -0.368. The van der Waals surface area contributed by atoms with E-state index < -0.39 is 5.56 Å². The molecule has 7 nitrogen and oxygen atoms in total. The van der Waals surface area contributed by atoms with Crippen molar-refractivity contribution in [2.24, 2.45) is 5.73 Å². The van der Waals surface area contributed by atoms with Gasteiger partial charge in [-0.3, -0.25) is 9.59 Å². The Bertz CT molecular complexity index is 969. The van der Waals surface area contributed by atoms with Gasteiger partial charge in [0.15, 0.2) is 0 Å². The van der Waals surface area contributed by atoms with Crippen LogP contribution in [0.3, 0.4) is 0 Å². The van der Waals surface area contributed by atoms with Gasteiger partial charge in [0.25, 0.3) is 11.5 Å². The van der Waals surface area contributed by atoms with Gasteiger partial charge in [-0.25, -0.2) is 0 Å². The summed E-state index contributed by atoms with van der Waals surface area (Å²) in [6, 6.07) is 8.90. The van der Waals surface area contributed by atoms with Crippen molar-refractivity contribution >= 4 is 23.0 Å². The number of rotatable bonds is 6. The van der Waals surface area contributed by atoms with E-state index in [1.807, 2.05) is 19.1 Å². The number of hydrogen-bond acceptors (Lipinski definition) is 5. The van der Waals surface area contributed by atoms with Crippen LogP contribution in [0.25, 0.3) is 0 Å². The predicted octanol–water partition coefficient (Wildman–Crippen LogP) is 3.24. The number of H-pyrrole nitrogens is 1. The second-order valence-corrected chi connectivity index (χ2v) is 7.17. The Balaban J connectivity index is 1.73. The summed E-state index contributed by atoms with van der Waals surface area (Å²) in [6.07, 6.45) is 7.25. The van der Waals surface area contributed by atoms with Gasteiger partial charge in [-0.1, -0.05) is 6.92 Å². The fraction of sp³-hybridized carbons (Fsp3) is 0.318. The van der Waals surface area contributed by atoms with Crippen LogP contribution >= 0.6 is 0 Å². The number of allylic oxidation sites excluding steroid dienone is 2. The molecule has 1 aliphatic rings. The molecule has 29 heavy (non-hydrogen) atoms. The highest BCUT2D eigenvalue weighted by Crippen LogP contribution is 2.20. The zero-order chi connectivity index (χ0) is 20.8. The number of pyridine rings is 1. The number of aromatic nitrogens is 1. The molecule has 0 spiro atoms. The Hall–Kier alpha value is -3.35. The number of anilines is 2. The number of nitrogens with two attached hydrogens (primary N) is 1. The smallest absolute Gasteiger partial charge is 0.271 e. The number of nitrogens with zero attached hydrogens (tertiary/aromatic N) is 1. The van der Waals surface area contributed by atoms with Gasteiger partial charge >= 0.3 is 0 Å². The molecule has 1 aliphatic heterocycles. The monoisotopic (exact) mass is 393 g/mol. The topological polar surface area (TPSA) is 115 Å². The van der Waals surface area contributed by atoms with Crippen LogP contribution in [0, 0.1) is 5.41 Å². The van der Waals surface area contributed by atoms with E-state index in [1.54, 1.807) is 18.2 Å². The lowest BCUT2D eigenvalue weighted by Crippen LogP contribution is -2.29. The molecule has 1 amide bonds. The van der Waals surface area contributed by atoms with E-state index in [-0.39, 0.29) is 17.3 Å². The number of carbonyl (C=O) groups is 1. The summed E-state index contributed by atoms with van der Waals surface area (Å²) >= 11 is 0. The van der Waals surface area contributed by atoms with E-state index in [2.05, 4.69) is 15.2 Å². The summed E-state index contributed by atoms with van der Waals surface area (Å²) in [5.41, 5.74) is 8.24. The molecule has 2 heterocycles. The van der Waals surface area contributed by atoms with Gasteiger partial charge in [-0.2, -0.15) is 0 Å². The Morgan fingerprint density at radius 2 is 1.90 bits per heavy atom. The number of piperidine rings is 1. The molecule has 5 N–H and O–H groups in total. The van der Waals surface area contributed by atoms with Crippen molar-refractivity contribution in [1.82, 2.24) is 4.98 Å². The zero-order valence-electron chi connectivity index (χ0n) is 16.6. The largest absolute Gasteiger partial charge is 0.402 e. The molecular formula is C22H27N5O2. The molecular weight excluding hydrogens is 366 g/mol. The molecule has 152 valence electrons. The number of amides is 1. The van der Waals surface area contributed by atoms with Gasteiger partial charge in [-0.05, 0) is 62.1 Å². The zero-order valence-corrected chi connectivity index (χ0v) is 16.6. The van der Waals surface area contributed by atoms with Crippen molar-refractivity contribution in [2.75, 3.05) is 23.3 Å². The molecule has 1 fully saturated rings. The number of hydrogen-bond donors (Lipinski definition) is 4. The summed E-state index contributed by atoms with van der Waals surface area (Å²) in [6.45, 7) is 3.97. The van der Waals surface area contributed by atoms with E-state index in [0.29, 0.717) is 23.2 Å². The van der Waals surface area contributed by atoms with Gasteiger partial charge in [0.05, 0.1) is 5.71 Å². The highest BCUT2D eigenvalue weighted by molar-refractivity contribution is 6.08. The van der Waals surface area contributed by atoms with Crippen molar-refractivity contribution in [3.8, 4) is 0 Å². The van der Waals surface area contributed by atoms with Gasteiger partial charge < -0.3 is 26.3 Å². The molecule has 0 radical (unpaired) electrons. The normalized spacial score (nSPS) is 14.5. The summed E-state index contributed by atoms with van der Waals surface area (Å²) in [5, 5.41) is 10.7. The third kappa shape index (κ3) is 5.13. The maximum absolute atomic E-state index is 12.6. The first kappa shape index (κ1) is 20.4. The van der Waals surface area contributed by atoms with Crippen LogP contribution in [0.2, 0.25) is 0 Å². The first-order chi connectivity index (χ1) is 14.0. The van der Waals surface area contributed by atoms with Crippen LogP contribution in [-0.4, -0.2) is 29.7 Å². The summed E-state index contributed by atoms with van der Waals surface area (Å²) in [7, 11) is 0. The summed E-state index contributed by atoms with van der Waals surface area (Å²) in [4.78, 5) is 29.6. The Morgan fingerprint density at radius 3 is 2.55 bits per heavy atom. The molecule has 1 aromatic carbocycles. The standard InChI is InChI=1S/C22H27N5O2/c1-2-17(23)13-19(24)16-12-20(22(29)25-14-16)26-21(28)15-6-8-18(9-7-15)27-10-4-3-5-11-27/h6-9,12-14,24H,2-5,10-11,23H2,1H3,(H,25,29)(H,26,28)/b17-13-,24-19?. The molecule has 7 heteroatoms. The van der Waals surface area contributed by atoms with Crippen LogP contribution in [0.15, 0.2) is 53.1 Å². The lowest BCUT2D eigenvalue weighted by atomic mass is 10.1. The fourth-order valence-electron chi connectivity index (χ4n) is 3.27. The van der Waals surface area contributed by atoms with Gasteiger partial charge in [0.1, 0.15) is 5.69 Å². The minimum atomic E-state index is -0.424. The molecule has 0 aliphatic carbocycles. The SMILES string of the molecule is CC/C(N)=C/C(=N)c1c[nH]c(=O)c(NC(=O)c2ccc(N3CCCCC3)cc2)c1. The van der Waals surface area contributed by atoms with Gasteiger partial charge in [-0.15, -0.1) is 0 Å². The molecule has 0 bridgehead atoms. The van der Waals surface area contributed by atoms with Crippen molar-refractivity contribution < 1.29 is 4.79 Å². The van der Waals surface area contributed by atoms with E-state index in [4.69, 9.17) is 11.1 Å². The molecule has 0 unspecified atom stereocenters. The minimum Gasteiger partial charge on any atom is -0.402 e. The molecule has 3 rings (SSSR count). The minimum absolute atomic E-state index is 0.0980. The van der Waals surface area contributed by atoms with Crippen molar-refractivity contribution in [3.05, 3.63) is 69.8 Å². The van der Waals surface area contributed by atoms with Crippen LogP contribution in [0.4, 0.5) is 11.4 Å². The highest BCUT2D eigenvalue weighted by Gasteiger charge is 2.13. The fourth-order valence-corrected chi connectivity index (χ4v) is 3.27. The van der Waals surface area contributed by atoms with Crippen LogP contribution in [0.1, 0.15) is 48.5 Å². The Morgan fingerprint density at radius 1 is 1.21 bits per heavy atom. The Labute approximate surface area is 170 Å². The lowest BCUT2D eigenvalue weighted by Gasteiger charge is -2.28. The summed E-state index contributed by atoms with van der Waals surface area (Å²) < 4.78 is 0. The highest BCUT2D eigenvalue weighted by atomic mass is 16.2. The predicted molar refractivity (Wildman–Crippen MR) is 117 cm³/mol. The lowest BCUT2D eigenvalue weighted by molar-refractivity contribution is 0.102.